The van der Waals surface area contributed by atoms with Gasteiger partial charge in [-0.3, -0.25) is 4.79 Å². The standard InChI is InChI=1S/C33H26O3S2/c1-3-35-23-17-11-19-25-27(23)29(32(37-25)21-13-7-5-8-14-21)31(34)30-28-24(36-4-2)18-12-20-26(28)38-33(30)22-15-9-6-10-16-22/h5-20H,3-4H2,1-2H3. The maximum Gasteiger partial charge on any atom is 0.197 e. The fourth-order valence-electron chi connectivity index (χ4n) is 4.93. The molecule has 0 bridgehead atoms. The molecular weight excluding hydrogens is 508 g/mol. The van der Waals surface area contributed by atoms with E-state index < -0.39 is 0 Å². The van der Waals surface area contributed by atoms with E-state index in [1.54, 1.807) is 22.7 Å². The number of thiophene rings is 2. The molecular formula is C33H26O3S2. The van der Waals surface area contributed by atoms with Gasteiger partial charge in [0.25, 0.3) is 0 Å². The summed E-state index contributed by atoms with van der Waals surface area (Å²) < 4.78 is 14.2. The highest BCUT2D eigenvalue weighted by atomic mass is 32.1. The SMILES string of the molecule is CCOc1cccc2sc(-c3ccccc3)c(C(=O)c3c(-c4ccccc4)sc4cccc(OCC)c34)c12. The zero-order valence-corrected chi connectivity index (χ0v) is 22.8. The summed E-state index contributed by atoms with van der Waals surface area (Å²) in [4.78, 5) is 16.9. The second-order valence-corrected chi connectivity index (χ2v) is 10.9. The molecule has 0 aliphatic rings. The second kappa shape index (κ2) is 10.4. The molecule has 0 spiro atoms. The number of benzene rings is 4. The largest absolute Gasteiger partial charge is 0.493 e. The summed E-state index contributed by atoms with van der Waals surface area (Å²) in [6.45, 7) is 4.99. The van der Waals surface area contributed by atoms with Crippen LogP contribution in [0.15, 0.2) is 97.1 Å². The molecule has 3 nitrogen and oxygen atoms in total. The Kier molecular flexibility index (Phi) is 6.71. The van der Waals surface area contributed by atoms with E-state index in [-0.39, 0.29) is 5.78 Å². The summed E-state index contributed by atoms with van der Waals surface area (Å²) in [7, 11) is 0. The first-order chi connectivity index (χ1) is 18.7. The summed E-state index contributed by atoms with van der Waals surface area (Å²) in [5.41, 5.74) is 3.41. The van der Waals surface area contributed by atoms with Gasteiger partial charge in [-0.05, 0) is 49.2 Å². The summed E-state index contributed by atoms with van der Waals surface area (Å²) in [5.74, 6) is 1.45. The van der Waals surface area contributed by atoms with Crippen molar-refractivity contribution < 1.29 is 14.3 Å². The van der Waals surface area contributed by atoms with Crippen molar-refractivity contribution in [3.05, 3.63) is 108 Å². The average Bonchev–Trinajstić information content (AvgIpc) is 3.55. The summed E-state index contributed by atoms with van der Waals surface area (Å²) >= 11 is 3.27. The van der Waals surface area contributed by atoms with Crippen molar-refractivity contribution in [3.63, 3.8) is 0 Å². The lowest BCUT2D eigenvalue weighted by molar-refractivity contribution is 0.104. The number of ketones is 1. The molecule has 0 N–H and O–H groups in total. The molecule has 0 saturated heterocycles. The molecule has 0 aliphatic carbocycles. The quantitative estimate of drug-likeness (QED) is 0.182. The van der Waals surface area contributed by atoms with Crippen LogP contribution in [0.5, 0.6) is 11.5 Å². The minimum atomic E-state index is -0.0143. The number of ether oxygens (including phenoxy) is 2. The third kappa shape index (κ3) is 4.18. The van der Waals surface area contributed by atoms with Crippen molar-refractivity contribution in [1.29, 1.82) is 0 Å². The fraction of sp³-hybridized carbons (Fsp3) is 0.121. The van der Waals surface area contributed by atoms with Crippen LogP contribution in [0.25, 0.3) is 41.1 Å². The van der Waals surface area contributed by atoms with E-state index in [2.05, 4.69) is 36.4 Å². The van der Waals surface area contributed by atoms with Crippen molar-refractivity contribution in [2.45, 2.75) is 13.8 Å². The van der Waals surface area contributed by atoms with Crippen LogP contribution in [0.4, 0.5) is 0 Å². The molecule has 0 unspecified atom stereocenters. The Morgan fingerprint density at radius 1 is 0.579 bits per heavy atom. The molecule has 6 rings (SSSR count). The zero-order valence-electron chi connectivity index (χ0n) is 21.2. The van der Waals surface area contributed by atoms with E-state index in [1.807, 2.05) is 74.5 Å². The first-order valence-corrected chi connectivity index (χ1v) is 14.4. The molecule has 0 aliphatic heterocycles. The highest BCUT2D eigenvalue weighted by Gasteiger charge is 2.30. The van der Waals surface area contributed by atoms with Crippen LogP contribution >= 0.6 is 22.7 Å². The topological polar surface area (TPSA) is 35.5 Å². The van der Waals surface area contributed by atoms with Crippen molar-refractivity contribution in [3.8, 4) is 32.4 Å². The van der Waals surface area contributed by atoms with E-state index in [0.717, 1.165) is 52.6 Å². The molecule has 0 radical (unpaired) electrons. The molecule has 0 fully saturated rings. The Bertz CT molecular complexity index is 1620. The van der Waals surface area contributed by atoms with Crippen molar-refractivity contribution in [1.82, 2.24) is 0 Å². The highest BCUT2D eigenvalue weighted by Crippen LogP contribution is 2.48. The van der Waals surface area contributed by atoms with E-state index >= 15 is 0 Å². The number of rotatable bonds is 8. The minimum Gasteiger partial charge on any atom is -0.493 e. The molecule has 2 aromatic heterocycles. The van der Waals surface area contributed by atoms with Crippen LogP contribution in [-0.4, -0.2) is 19.0 Å². The van der Waals surface area contributed by atoms with Gasteiger partial charge in [-0.15, -0.1) is 22.7 Å². The van der Waals surface area contributed by atoms with E-state index in [1.165, 1.54) is 0 Å². The van der Waals surface area contributed by atoms with Crippen LogP contribution in [0.3, 0.4) is 0 Å². The van der Waals surface area contributed by atoms with Gasteiger partial charge >= 0.3 is 0 Å². The minimum absolute atomic E-state index is 0.0143. The van der Waals surface area contributed by atoms with Gasteiger partial charge in [-0.25, -0.2) is 0 Å². The predicted octanol–water partition coefficient (Wildman–Crippen LogP) is 9.48. The van der Waals surface area contributed by atoms with Gasteiger partial charge in [0.2, 0.25) is 0 Å². The Morgan fingerprint density at radius 2 is 1.00 bits per heavy atom. The molecule has 0 saturated carbocycles. The van der Waals surface area contributed by atoms with Gasteiger partial charge in [0, 0.05) is 29.9 Å². The molecule has 0 amide bonds. The number of carbonyl (C=O) groups is 1. The normalized spacial score (nSPS) is 11.2. The highest BCUT2D eigenvalue weighted by molar-refractivity contribution is 7.23. The Hall–Kier alpha value is -3.93. The summed E-state index contributed by atoms with van der Waals surface area (Å²) in [5, 5.41) is 1.74. The van der Waals surface area contributed by atoms with Gasteiger partial charge in [-0.1, -0.05) is 72.8 Å². The lowest BCUT2D eigenvalue weighted by Crippen LogP contribution is -2.05. The van der Waals surface area contributed by atoms with Gasteiger partial charge in [-0.2, -0.15) is 0 Å². The lowest BCUT2D eigenvalue weighted by atomic mass is 9.93. The van der Waals surface area contributed by atoms with Crippen LogP contribution in [0.1, 0.15) is 29.8 Å². The molecule has 188 valence electrons. The fourth-order valence-corrected chi connectivity index (χ4v) is 7.37. The van der Waals surface area contributed by atoms with Crippen LogP contribution in [0, 0.1) is 0 Å². The van der Waals surface area contributed by atoms with Gasteiger partial charge in [0.15, 0.2) is 5.78 Å². The van der Waals surface area contributed by atoms with E-state index in [4.69, 9.17) is 9.47 Å². The summed E-state index contributed by atoms with van der Waals surface area (Å²) in [6.07, 6.45) is 0. The van der Waals surface area contributed by atoms with Crippen LogP contribution in [0.2, 0.25) is 0 Å². The van der Waals surface area contributed by atoms with Gasteiger partial charge < -0.3 is 9.47 Å². The summed E-state index contributed by atoms with van der Waals surface area (Å²) in [6, 6.07) is 32.4. The maximum absolute atomic E-state index is 15.0. The first kappa shape index (κ1) is 24.4. The third-order valence-electron chi connectivity index (χ3n) is 6.48. The first-order valence-electron chi connectivity index (χ1n) is 12.7. The van der Waals surface area contributed by atoms with Crippen LogP contribution < -0.4 is 9.47 Å². The van der Waals surface area contributed by atoms with Crippen molar-refractivity contribution in [2.24, 2.45) is 0 Å². The molecule has 4 aromatic carbocycles. The Balaban J connectivity index is 1.71. The van der Waals surface area contributed by atoms with E-state index in [9.17, 15) is 4.79 Å². The second-order valence-electron chi connectivity index (χ2n) is 8.80. The lowest BCUT2D eigenvalue weighted by Gasteiger charge is -2.12. The number of carbonyl (C=O) groups excluding carboxylic acids is 1. The molecule has 38 heavy (non-hydrogen) atoms. The van der Waals surface area contributed by atoms with Crippen molar-refractivity contribution in [2.75, 3.05) is 13.2 Å². The molecule has 6 aromatic rings. The zero-order chi connectivity index (χ0) is 26.1. The Labute approximate surface area is 229 Å². The number of fused-ring (bicyclic) bond motifs is 2. The van der Waals surface area contributed by atoms with Gasteiger partial charge in [0.1, 0.15) is 11.5 Å². The van der Waals surface area contributed by atoms with Crippen molar-refractivity contribution >= 4 is 48.6 Å². The molecule has 5 heteroatoms. The average molecular weight is 535 g/mol. The monoisotopic (exact) mass is 534 g/mol. The number of hydrogen-bond donors (Lipinski definition) is 0. The smallest absolute Gasteiger partial charge is 0.197 e. The molecule has 2 heterocycles. The van der Waals surface area contributed by atoms with E-state index in [0.29, 0.717) is 24.3 Å². The third-order valence-corrected chi connectivity index (χ3v) is 8.89. The molecule has 0 atom stereocenters. The van der Waals surface area contributed by atoms with Crippen LogP contribution in [-0.2, 0) is 0 Å². The Morgan fingerprint density at radius 3 is 1.39 bits per heavy atom. The predicted molar refractivity (Wildman–Crippen MR) is 160 cm³/mol. The van der Waals surface area contributed by atoms with Gasteiger partial charge in [0.05, 0.1) is 24.3 Å². The number of hydrogen-bond acceptors (Lipinski definition) is 5. The maximum atomic E-state index is 15.0.